The quantitative estimate of drug-likeness (QED) is 0.875. The summed E-state index contributed by atoms with van der Waals surface area (Å²) in [5, 5.41) is 9.45. The Labute approximate surface area is 114 Å². The third-order valence-electron chi connectivity index (χ3n) is 3.17. The van der Waals surface area contributed by atoms with Crippen molar-refractivity contribution in [2.45, 2.75) is 25.0 Å². The first-order valence-corrected chi connectivity index (χ1v) is 7.67. The molecule has 98 valence electrons. The van der Waals surface area contributed by atoms with E-state index < -0.39 is 16.8 Å². The Kier molecular flexibility index (Phi) is 4.07. The third kappa shape index (κ3) is 3.82. The molecule has 2 rings (SSSR count). The maximum atomic E-state index is 12.0. The molecule has 1 unspecified atom stereocenters. The molecule has 5 heteroatoms. The second-order valence-corrected chi connectivity index (χ2v) is 6.82. The van der Waals surface area contributed by atoms with Crippen LogP contribution in [0.15, 0.2) is 24.3 Å². The van der Waals surface area contributed by atoms with Crippen molar-refractivity contribution in [3.8, 4) is 0 Å². The number of halogens is 1. The van der Waals surface area contributed by atoms with Crippen molar-refractivity contribution < 1.29 is 14.1 Å². The van der Waals surface area contributed by atoms with Gasteiger partial charge in [0, 0.05) is 27.3 Å². The molecule has 1 N–H and O–H groups in total. The smallest absolute Gasteiger partial charge is 0.303 e. The van der Waals surface area contributed by atoms with Crippen molar-refractivity contribution in [1.82, 2.24) is 0 Å². The molecular weight excluding hydrogens is 272 g/mol. The van der Waals surface area contributed by atoms with Gasteiger partial charge >= 0.3 is 5.97 Å². The van der Waals surface area contributed by atoms with Gasteiger partial charge in [-0.1, -0.05) is 23.7 Å². The van der Waals surface area contributed by atoms with Crippen molar-refractivity contribution in [3.63, 3.8) is 0 Å². The number of carboxylic acid groups (broad SMARTS) is 1. The standard InChI is InChI=1S/C13H15ClO3S/c14-11-3-1-2-10(6-11)8-18(17)9-13(4-5-13)7-12(15)16/h1-3,6H,4-5,7-9H2,(H,15,16). The van der Waals surface area contributed by atoms with E-state index in [0.29, 0.717) is 16.5 Å². The highest BCUT2D eigenvalue weighted by atomic mass is 35.5. The molecule has 0 aliphatic heterocycles. The topological polar surface area (TPSA) is 54.4 Å². The number of aliphatic carboxylic acids is 1. The lowest BCUT2D eigenvalue weighted by atomic mass is 10.1. The first-order valence-electron chi connectivity index (χ1n) is 5.80. The summed E-state index contributed by atoms with van der Waals surface area (Å²) in [6.07, 6.45) is 1.88. The SMILES string of the molecule is O=C(O)CC1(CS(=O)Cc2cccc(Cl)c2)CC1. The van der Waals surface area contributed by atoms with E-state index in [1.807, 2.05) is 12.1 Å². The lowest BCUT2D eigenvalue weighted by Crippen LogP contribution is -2.17. The molecule has 0 spiro atoms. The number of carboxylic acids is 1. The summed E-state index contributed by atoms with van der Waals surface area (Å²) in [5.74, 6) is 0.126. The molecule has 1 aliphatic rings. The predicted molar refractivity (Wildman–Crippen MR) is 72.1 cm³/mol. The van der Waals surface area contributed by atoms with Crippen molar-refractivity contribution in [3.05, 3.63) is 34.9 Å². The van der Waals surface area contributed by atoms with E-state index >= 15 is 0 Å². The van der Waals surface area contributed by atoms with Crippen LogP contribution in [0.3, 0.4) is 0 Å². The number of hydrogen-bond acceptors (Lipinski definition) is 2. The van der Waals surface area contributed by atoms with Crippen LogP contribution in [0, 0.1) is 5.41 Å². The number of hydrogen-bond donors (Lipinski definition) is 1. The Hall–Kier alpha value is -0.870. The van der Waals surface area contributed by atoms with E-state index in [9.17, 15) is 9.00 Å². The minimum atomic E-state index is -1.02. The van der Waals surface area contributed by atoms with Crippen LogP contribution in [0.2, 0.25) is 5.02 Å². The highest BCUT2D eigenvalue weighted by molar-refractivity contribution is 7.84. The van der Waals surface area contributed by atoms with Gasteiger partial charge in [0.05, 0.1) is 6.42 Å². The zero-order valence-electron chi connectivity index (χ0n) is 9.89. The van der Waals surface area contributed by atoms with Crippen LogP contribution >= 0.6 is 11.6 Å². The molecule has 0 amide bonds. The fraction of sp³-hybridized carbons (Fsp3) is 0.462. The monoisotopic (exact) mass is 286 g/mol. The number of carbonyl (C=O) groups is 1. The molecule has 1 aliphatic carbocycles. The molecule has 0 heterocycles. The van der Waals surface area contributed by atoms with Crippen LogP contribution in [0.1, 0.15) is 24.8 Å². The first kappa shape index (κ1) is 13.6. The van der Waals surface area contributed by atoms with E-state index in [0.717, 1.165) is 18.4 Å². The van der Waals surface area contributed by atoms with Gasteiger partial charge in [-0.15, -0.1) is 0 Å². The fourth-order valence-corrected chi connectivity index (χ4v) is 4.01. The van der Waals surface area contributed by atoms with Crippen molar-refractivity contribution in [2.24, 2.45) is 5.41 Å². The molecule has 18 heavy (non-hydrogen) atoms. The zero-order valence-corrected chi connectivity index (χ0v) is 11.5. The Bertz CT molecular complexity index is 483. The molecule has 1 fully saturated rings. The van der Waals surface area contributed by atoms with Gasteiger partial charge < -0.3 is 5.11 Å². The molecule has 0 saturated heterocycles. The average Bonchev–Trinajstić information content (AvgIpc) is 2.95. The van der Waals surface area contributed by atoms with E-state index in [2.05, 4.69) is 0 Å². The lowest BCUT2D eigenvalue weighted by Gasteiger charge is -2.11. The molecule has 1 aromatic carbocycles. The molecular formula is C13H15ClO3S. The Morgan fingerprint density at radius 3 is 2.72 bits per heavy atom. The Morgan fingerprint density at radius 1 is 1.44 bits per heavy atom. The van der Waals surface area contributed by atoms with Crippen LogP contribution < -0.4 is 0 Å². The number of benzene rings is 1. The van der Waals surface area contributed by atoms with Crippen LogP contribution in [-0.4, -0.2) is 21.0 Å². The summed E-state index contributed by atoms with van der Waals surface area (Å²) >= 11 is 5.87. The van der Waals surface area contributed by atoms with Gasteiger partial charge in [-0.25, -0.2) is 0 Å². The van der Waals surface area contributed by atoms with Gasteiger partial charge in [0.25, 0.3) is 0 Å². The minimum absolute atomic E-state index is 0.133. The summed E-state index contributed by atoms with van der Waals surface area (Å²) in [4.78, 5) is 10.7. The van der Waals surface area contributed by atoms with Crippen LogP contribution in [0.4, 0.5) is 0 Å². The third-order valence-corrected chi connectivity index (χ3v) is 4.99. The minimum Gasteiger partial charge on any atom is -0.481 e. The normalized spacial score (nSPS) is 18.3. The lowest BCUT2D eigenvalue weighted by molar-refractivity contribution is -0.138. The van der Waals surface area contributed by atoms with Gasteiger partial charge in [0.1, 0.15) is 0 Å². The van der Waals surface area contributed by atoms with E-state index in [-0.39, 0.29) is 11.8 Å². The number of rotatable bonds is 6. The second-order valence-electron chi connectivity index (χ2n) is 4.93. The first-order chi connectivity index (χ1) is 8.49. The van der Waals surface area contributed by atoms with Gasteiger partial charge in [0.2, 0.25) is 0 Å². The van der Waals surface area contributed by atoms with Gasteiger partial charge in [-0.05, 0) is 36.0 Å². The molecule has 0 aromatic heterocycles. The van der Waals surface area contributed by atoms with Crippen molar-refractivity contribution in [1.29, 1.82) is 0 Å². The zero-order chi connectivity index (χ0) is 13.2. The average molecular weight is 287 g/mol. The van der Waals surface area contributed by atoms with E-state index in [4.69, 9.17) is 16.7 Å². The molecule has 0 bridgehead atoms. The molecule has 1 saturated carbocycles. The second kappa shape index (κ2) is 5.41. The summed E-state index contributed by atoms with van der Waals surface area (Å²) in [7, 11) is -1.02. The molecule has 1 aromatic rings. The van der Waals surface area contributed by atoms with E-state index in [1.54, 1.807) is 12.1 Å². The summed E-state index contributed by atoms with van der Waals surface area (Å²) < 4.78 is 12.0. The van der Waals surface area contributed by atoms with Gasteiger partial charge in [-0.3, -0.25) is 9.00 Å². The molecule has 1 atom stereocenters. The van der Waals surface area contributed by atoms with Crippen LogP contribution in [-0.2, 0) is 21.3 Å². The highest BCUT2D eigenvalue weighted by Gasteiger charge is 2.45. The summed E-state index contributed by atoms with van der Waals surface area (Å²) in [6, 6.07) is 7.30. The Morgan fingerprint density at radius 2 is 2.17 bits per heavy atom. The van der Waals surface area contributed by atoms with Crippen molar-refractivity contribution in [2.75, 3.05) is 5.75 Å². The van der Waals surface area contributed by atoms with Crippen molar-refractivity contribution >= 4 is 28.4 Å². The van der Waals surface area contributed by atoms with Crippen LogP contribution in [0.25, 0.3) is 0 Å². The highest BCUT2D eigenvalue weighted by Crippen LogP contribution is 2.49. The van der Waals surface area contributed by atoms with Crippen LogP contribution in [0.5, 0.6) is 0 Å². The molecule has 0 radical (unpaired) electrons. The fourth-order valence-electron chi connectivity index (χ4n) is 2.07. The largest absolute Gasteiger partial charge is 0.481 e. The van der Waals surface area contributed by atoms with Gasteiger partial charge in [-0.2, -0.15) is 0 Å². The predicted octanol–water partition coefficient (Wildman–Crippen LogP) is 2.84. The maximum Gasteiger partial charge on any atom is 0.303 e. The van der Waals surface area contributed by atoms with Gasteiger partial charge in [0.15, 0.2) is 0 Å². The maximum absolute atomic E-state index is 12.0. The molecule has 3 nitrogen and oxygen atoms in total. The summed E-state index contributed by atoms with van der Waals surface area (Å²) in [5.41, 5.74) is 0.724. The summed E-state index contributed by atoms with van der Waals surface area (Å²) in [6.45, 7) is 0. The van der Waals surface area contributed by atoms with E-state index in [1.165, 1.54) is 0 Å². The Balaban J connectivity index is 1.91.